The summed E-state index contributed by atoms with van der Waals surface area (Å²) in [7, 11) is -3.90. The first-order valence-electron chi connectivity index (χ1n) is 12.5. The van der Waals surface area contributed by atoms with Crippen LogP contribution in [-0.2, 0) is 16.6 Å². The van der Waals surface area contributed by atoms with Crippen molar-refractivity contribution in [3.63, 3.8) is 0 Å². The van der Waals surface area contributed by atoms with Gasteiger partial charge >= 0.3 is 6.18 Å². The van der Waals surface area contributed by atoms with Gasteiger partial charge in [-0.2, -0.15) is 27.7 Å². The minimum Gasteiger partial charge on any atom is -0.293 e. The minimum absolute atomic E-state index is 0.00403. The average molecular weight is 565 g/mol. The number of nitrogens with zero attached hydrogens (tertiary/aromatic N) is 6. The maximum absolute atomic E-state index is 13.4. The SMILES string of the molecule is CCn1cc(S(=O)(=O)N2CCN(CCC(F)(F)F)[C@H](c3cc4cnn(-c5ccc(F)cc5)c4cc3C)C2)cn1. The number of fused-ring (bicyclic) bond motifs is 1. The number of sulfonamides is 1. The molecule has 1 saturated heterocycles. The lowest BCUT2D eigenvalue weighted by molar-refractivity contribution is -0.140. The maximum atomic E-state index is 13.4. The van der Waals surface area contributed by atoms with Crippen LogP contribution in [0.15, 0.2) is 59.9 Å². The highest BCUT2D eigenvalue weighted by Gasteiger charge is 2.38. The Hall–Kier alpha value is -3.29. The zero-order valence-corrected chi connectivity index (χ0v) is 22.3. The fraction of sp³-hybridized carbons (Fsp3) is 0.385. The molecule has 0 N–H and O–H groups in total. The van der Waals surface area contributed by atoms with Gasteiger partial charge in [-0.1, -0.05) is 0 Å². The van der Waals surface area contributed by atoms with E-state index in [1.165, 1.54) is 33.5 Å². The standard InChI is InChI=1S/C26H28F4N6O2S/c1-3-34-16-22(15-31-34)39(37,38)35-11-10-33(9-8-26(28,29)30)25(17-35)23-13-19-14-32-36(24(19)12-18(23)2)21-6-4-20(27)5-7-21/h4-7,12-16,25H,3,8-11,17H2,1-2H3/t25-/m0/s1. The minimum atomic E-state index is -4.34. The number of hydrogen-bond donors (Lipinski definition) is 0. The second-order valence-corrected chi connectivity index (χ2v) is 11.6. The number of benzene rings is 2. The summed E-state index contributed by atoms with van der Waals surface area (Å²) in [6.45, 7) is 4.16. The van der Waals surface area contributed by atoms with E-state index in [0.717, 1.165) is 22.0 Å². The van der Waals surface area contributed by atoms with Gasteiger partial charge in [0, 0.05) is 50.3 Å². The van der Waals surface area contributed by atoms with Gasteiger partial charge in [0.15, 0.2) is 0 Å². The zero-order chi connectivity index (χ0) is 27.9. The molecular formula is C26H28F4N6O2S. The molecule has 1 atom stereocenters. The van der Waals surface area contributed by atoms with Crippen molar-refractivity contribution in [2.75, 3.05) is 26.2 Å². The van der Waals surface area contributed by atoms with Gasteiger partial charge < -0.3 is 0 Å². The summed E-state index contributed by atoms with van der Waals surface area (Å²) in [5.74, 6) is -0.369. The van der Waals surface area contributed by atoms with Crippen LogP contribution in [0.2, 0.25) is 0 Å². The van der Waals surface area contributed by atoms with Crippen molar-refractivity contribution in [1.29, 1.82) is 0 Å². The van der Waals surface area contributed by atoms with Gasteiger partial charge in [0.25, 0.3) is 0 Å². The molecule has 39 heavy (non-hydrogen) atoms. The van der Waals surface area contributed by atoms with E-state index < -0.39 is 28.7 Å². The van der Waals surface area contributed by atoms with Crippen LogP contribution in [0.3, 0.4) is 0 Å². The lowest BCUT2D eigenvalue weighted by atomic mass is 9.96. The van der Waals surface area contributed by atoms with Crippen molar-refractivity contribution in [3.05, 3.63) is 71.9 Å². The molecule has 2 aromatic heterocycles. The van der Waals surface area contributed by atoms with Crippen LogP contribution < -0.4 is 0 Å². The second kappa shape index (κ2) is 10.4. The predicted molar refractivity (Wildman–Crippen MR) is 137 cm³/mol. The quantitative estimate of drug-likeness (QED) is 0.305. The zero-order valence-electron chi connectivity index (χ0n) is 21.4. The summed E-state index contributed by atoms with van der Waals surface area (Å²) in [6, 6.07) is 9.02. The van der Waals surface area contributed by atoms with Gasteiger partial charge in [0.2, 0.25) is 10.0 Å². The molecule has 0 spiro atoms. The fourth-order valence-electron chi connectivity index (χ4n) is 4.99. The first kappa shape index (κ1) is 27.3. The van der Waals surface area contributed by atoms with E-state index in [-0.39, 0.29) is 36.9 Å². The van der Waals surface area contributed by atoms with Crippen molar-refractivity contribution in [1.82, 2.24) is 28.8 Å². The molecule has 2 aromatic carbocycles. The number of rotatable bonds is 7. The number of alkyl halides is 3. The molecule has 13 heteroatoms. The number of aryl methyl sites for hydroxylation is 2. The monoisotopic (exact) mass is 564 g/mol. The van der Waals surface area contributed by atoms with Crippen LogP contribution in [-0.4, -0.2) is 69.5 Å². The van der Waals surface area contributed by atoms with E-state index in [0.29, 0.717) is 12.2 Å². The van der Waals surface area contributed by atoms with Crippen LogP contribution in [0, 0.1) is 12.7 Å². The first-order chi connectivity index (χ1) is 18.5. The van der Waals surface area contributed by atoms with Crippen molar-refractivity contribution in [2.24, 2.45) is 0 Å². The Morgan fingerprint density at radius 1 is 1.05 bits per heavy atom. The Morgan fingerprint density at radius 2 is 1.79 bits per heavy atom. The van der Waals surface area contributed by atoms with Crippen LogP contribution in [0.5, 0.6) is 0 Å². The Kier molecular flexibility index (Phi) is 7.25. The molecule has 0 amide bonds. The highest BCUT2D eigenvalue weighted by atomic mass is 32.2. The fourth-order valence-corrected chi connectivity index (χ4v) is 6.38. The van der Waals surface area contributed by atoms with E-state index in [4.69, 9.17) is 0 Å². The third-order valence-electron chi connectivity index (χ3n) is 7.09. The average Bonchev–Trinajstić information content (AvgIpc) is 3.54. The van der Waals surface area contributed by atoms with Crippen molar-refractivity contribution < 1.29 is 26.0 Å². The number of aromatic nitrogens is 4. The second-order valence-electron chi connectivity index (χ2n) is 9.61. The van der Waals surface area contributed by atoms with Crippen LogP contribution >= 0.6 is 0 Å². The molecule has 1 aliphatic rings. The lowest BCUT2D eigenvalue weighted by Gasteiger charge is -2.41. The van der Waals surface area contributed by atoms with Gasteiger partial charge in [-0.3, -0.25) is 9.58 Å². The van der Waals surface area contributed by atoms with Crippen LogP contribution in [0.1, 0.15) is 30.5 Å². The van der Waals surface area contributed by atoms with Gasteiger partial charge in [0.05, 0.1) is 30.0 Å². The summed E-state index contributed by atoms with van der Waals surface area (Å²) in [5.41, 5.74) is 2.92. The van der Waals surface area contributed by atoms with Gasteiger partial charge in [-0.25, -0.2) is 17.5 Å². The van der Waals surface area contributed by atoms with Gasteiger partial charge in [0.1, 0.15) is 10.7 Å². The van der Waals surface area contributed by atoms with E-state index in [1.54, 1.807) is 27.9 Å². The Balaban J connectivity index is 1.51. The molecule has 0 saturated carbocycles. The summed E-state index contributed by atoms with van der Waals surface area (Å²) < 4.78 is 84.3. The molecule has 0 bridgehead atoms. The topological polar surface area (TPSA) is 76.3 Å². The molecule has 8 nitrogen and oxygen atoms in total. The molecule has 0 radical (unpaired) electrons. The summed E-state index contributed by atoms with van der Waals surface area (Å²) in [5, 5.41) is 9.24. The van der Waals surface area contributed by atoms with Crippen molar-refractivity contribution >= 4 is 20.9 Å². The summed E-state index contributed by atoms with van der Waals surface area (Å²) in [4.78, 5) is 1.76. The molecular weight excluding hydrogens is 536 g/mol. The molecule has 0 aliphatic carbocycles. The third-order valence-corrected chi connectivity index (χ3v) is 8.91. The molecule has 0 unspecified atom stereocenters. The lowest BCUT2D eigenvalue weighted by Crippen LogP contribution is -2.51. The number of halogens is 4. The number of hydrogen-bond acceptors (Lipinski definition) is 5. The normalized spacial score (nSPS) is 17.7. The van der Waals surface area contributed by atoms with Gasteiger partial charge in [-0.15, -0.1) is 0 Å². The molecule has 5 rings (SSSR count). The van der Waals surface area contributed by atoms with Crippen molar-refractivity contribution in [3.8, 4) is 5.69 Å². The predicted octanol–water partition coefficient (Wildman–Crippen LogP) is 4.69. The third kappa shape index (κ3) is 5.56. The van der Waals surface area contributed by atoms with E-state index in [1.807, 2.05) is 26.0 Å². The Morgan fingerprint density at radius 3 is 2.46 bits per heavy atom. The Bertz CT molecular complexity index is 1580. The molecule has 1 aliphatic heterocycles. The Labute approximate surface area is 223 Å². The molecule has 1 fully saturated rings. The highest BCUT2D eigenvalue weighted by Crippen LogP contribution is 2.34. The van der Waals surface area contributed by atoms with E-state index >= 15 is 0 Å². The van der Waals surface area contributed by atoms with Crippen molar-refractivity contribution in [2.45, 2.75) is 43.9 Å². The molecule has 4 aromatic rings. The van der Waals surface area contributed by atoms with E-state index in [2.05, 4.69) is 10.2 Å². The van der Waals surface area contributed by atoms with E-state index in [9.17, 15) is 26.0 Å². The largest absolute Gasteiger partial charge is 0.390 e. The summed E-state index contributed by atoms with van der Waals surface area (Å²) >= 11 is 0. The van der Waals surface area contributed by atoms with Crippen LogP contribution in [0.25, 0.3) is 16.6 Å². The van der Waals surface area contributed by atoms with Gasteiger partial charge in [-0.05, 0) is 61.4 Å². The first-order valence-corrected chi connectivity index (χ1v) is 14.0. The smallest absolute Gasteiger partial charge is 0.293 e. The van der Waals surface area contributed by atoms with Crippen LogP contribution in [0.4, 0.5) is 17.6 Å². The molecule has 208 valence electrons. The number of piperazine rings is 1. The summed E-state index contributed by atoms with van der Waals surface area (Å²) in [6.07, 6.45) is -0.939. The molecule has 3 heterocycles. The maximum Gasteiger partial charge on any atom is 0.390 e. The highest BCUT2D eigenvalue weighted by molar-refractivity contribution is 7.89.